The van der Waals surface area contributed by atoms with E-state index in [0.717, 1.165) is 13.0 Å². The molecule has 2 saturated heterocycles. The first kappa shape index (κ1) is 15.2. The van der Waals surface area contributed by atoms with Crippen LogP contribution in [0.25, 0.3) is 0 Å². The maximum atomic E-state index is 11.4. The van der Waals surface area contributed by atoms with Gasteiger partial charge in [0.15, 0.2) is 0 Å². The van der Waals surface area contributed by atoms with Crippen LogP contribution in [-0.2, 0) is 4.79 Å². The molecule has 110 valence electrons. The molecule has 2 fully saturated rings. The molecule has 2 heterocycles. The maximum Gasteiger partial charge on any atom is 0.220 e. The van der Waals surface area contributed by atoms with E-state index in [1.165, 1.54) is 38.1 Å². The summed E-state index contributed by atoms with van der Waals surface area (Å²) >= 11 is 2.05. The first-order valence-electron chi connectivity index (χ1n) is 7.60. The van der Waals surface area contributed by atoms with Gasteiger partial charge >= 0.3 is 0 Å². The maximum absolute atomic E-state index is 11.4. The molecule has 19 heavy (non-hydrogen) atoms. The van der Waals surface area contributed by atoms with Gasteiger partial charge in [0.1, 0.15) is 0 Å². The predicted molar refractivity (Wildman–Crippen MR) is 82.5 cm³/mol. The van der Waals surface area contributed by atoms with Gasteiger partial charge in [-0.25, -0.2) is 0 Å². The van der Waals surface area contributed by atoms with Crippen LogP contribution in [0.2, 0.25) is 0 Å². The van der Waals surface area contributed by atoms with Gasteiger partial charge in [0.25, 0.3) is 0 Å². The standard InChI is InChI=1S/C15H28N2OS/c1-15(2,3)19-9-8-17-7-5-4-6-13(17)12-10-14(18)16-11-12/h12-13H,4-11H2,1-3H3,(H,16,18)/t12-,13+/m1/s1. The van der Waals surface area contributed by atoms with E-state index in [0.29, 0.717) is 16.7 Å². The zero-order chi connectivity index (χ0) is 13.9. The van der Waals surface area contributed by atoms with Crippen molar-refractivity contribution in [2.75, 3.05) is 25.4 Å². The minimum absolute atomic E-state index is 0.250. The van der Waals surface area contributed by atoms with Crippen LogP contribution in [0.5, 0.6) is 0 Å². The molecular formula is C15H28N2OS. The lowest BCUT2D eigenvalue weighted by Gasteiger charge is -2.39. The Balaban J connectivity index is 1.84. The van der Waals surface area contributed by atoms with Crippen molar-refractivity contribution in [3.05, 3.63) is 0 Å². The fraction of sp³-hybridized carbons (Fsp3) is 0.933. The van der Waals surface area contributed by atoms with Crippen molar-refractivity contribution in [2.45, 2.75) is 57.2 Å². The topological polar surface area (TPSA) is 32.3 Å². The normalized spacial score (nSPS) is 29.5. The molecule has 1 amide bonds. The molecule has 3 nitrogen and oxygen atoms in total. The smallest absolute Gasteiger partial charge is 0.220 e. The Morgan fingerprint density at radius 2 is 2.16 bits per heavy atom. The van der Waals surface area contributed by atoms with Crippen molar-refractivity contribution in [2.24, 2.45) is 5.92 Å². The second-order valence-corrected chi connectivity index (χ2v) is 8.75. The van der Waals surface area contributed by atoms with E-state index in [2.05, 4.69) is 31.0 Å². The van der Waals surface area contributed by atoms with E-state index in [1.54, 1.807) is 0 Å². The van der Waals surface area contributed by atoms with Gasteiger partial charge < -0.3 is 5.32 Å². The molecule has 0 spiro atoms. The highest BCUT2D eigenvalue weighted by Gasteiger charge is 2.34. The third-order valence-electron chi connectivity index (χ3n) is 4.13. The Morgan fingerprint density at radius 1 is 1.37 bits per heavy atom. The number of thioether (sulfide) groups is 1. The Morgan fingerprint density at radius 3 is 2.79 bits per heavy atom. The van der Waals surface area contributed by atoms with Crippen LogP contribution in [0.15, 0.2) is 0 Å². The summed E-state index contributed by atoms with van der Waals surface area (Å²) < 4.78 is 0.357. The lowest BCUT2D eigenvalue weighted by molar-refractivity contribution is -0.119. The molecule has 0 saturated carbocycles. The first-order valence-corrected chi connectivity index (χ1v) is 8.59. The SMILES string of the molecule is CC(C)(C)SCCN1CCCC[C@H]1[C@H]1CNC(=O)C1. The molecule has 0 aromatic heterocycles. The Labute approximate surface area is 121 Å². The van der Waals surface area contributed by atoms with Gasteiger partial charge in [-0.3, -0.25) is 9.69 Å². The summed E-state index contributed by atoms with van der Waals surface area (Å²) in [5.41, 5.74) is 0. The summed E-state index contributed by atoms with van der Waals surface area (Å²) in [6, 6.07) is 0.633. The minimum atomic E-state index is 0.250. The van der Waals surface area contributed by atoms with Crippen LogP contribution >= 0.6 is 11.8 Å². The zero-order valence-electron chi connectivity index (χ0n) is 12.6. The van der Waals surface area contributed by atoms with E-state index < -0.39 is 0 Å². The van der Waals surface area contributed by atoms with E-state index in [9.17, 15) is 4.79 Å². The molecule has 2 rings (SSSR count). The van der Waals surface area contributed by atoms with Crippen molar-refractivity contribution < 1.29 is 4.79 Å². The number of hydrogen-bond acceptors (Lipinski definition) is 3. The van der Waals surface area contributed by atoms with Crippen LogP contribution in [0.4, 0.5) is 0 Å². The summed E-state index contributed by atoms with van der Waals surface area (Å²) in [5.74, 6) is 2.00. The van der Waals surface area contributed by atoms with Crippen LogP contribution in [0, 0.1) is 5.92 Å². The Kier molecular flexibility index (Phi) is 5.18. The molecule has 2 aliphatic rings. The highest BCUT2D eigenvalue weighted by molar-refractivity contribution is 8.00. The summed E-state index contributed by atoms with van der Waals surface area (Å²) in [5, 5.41) is 3.00. The minimum Gasteiger partial charge on any atom is -0.356 e. The van der Waals surface area contributed by atoms with Gasteiger partial charge in [-0.1, -0.05) is 27.2 Å². The van der Waals surface area contributed by atoms with Crippen LogP contribution in [0.1, 0.15) is 46.5 Å². The van der Waals surface area contributed by atoms with E-state index in [1.807, 2.05) is 11.8 Å². The van der Waals surface area contributed by atoms with Crippen molar-refractivity contribution in [1.29, 1.82) is 0 Å². The molecule has 0 bridgehead atoms. The lowest BCUT2D eigenvalue weighted by Crippen LogP contribution is -2.46. The molecule has 0 aromatic carbocycles. The quantitative estimate of drug-likeness (QED) is 0.861. The first-order chi connectivity index (χ1) is 8.96. The van der Waals surface area contributed by atoms with Gasteiger partial charge in [-0.05, 0) is 19.4 Å². The largest absolute Gasteiger partial charge is 0.356 e. The van der Waals surface area contributed by atoms with Crippen molar-refractivity contribution in [3.63, 3.8) is 0 Å². The van der Waals surface area contributed by atoms with Crippen molar-refractivity contribution in [3.8, 4) is 0 Å². The van der Waals surface area contributed by atoms with E-state index in [-0.39, 0.29) is 5.91 Å². The number of carbonyl (C=O) groups is 1. The van der Waals surface area contributed by atoms with Gasteiger partial charge in [0.05, 0.1) is 0 Å². The van der Waals surface area contributed by atoms with Gasteiger partial charge in [0.2, 0.25) is 5.91 Å². The third kappa shape index (κ3) is 4.67. The monoisotopic (exact) mass is 284 g/mol. The van der Waals surface area contributed by atoms with E-state index >= 15 is 0 Å². The third-order valence-corrected chi connectivity index (χ3v) is 5.38. The van der Waals surface area contributed by atoms with Gasteiger partial charge in [0, 0.05) is 42.0 Å². The molecule has 0 aromatic rings. The highest BCUT2D eigenvalue weighted by atomic mass is 32.2. The van der Waals surface area contributed by atoms with Crippen molar-refractivity contribution >= 4 is 17.7 Å². The molecule has 0 aliphatic carbocycles. The predicted octanol–water partition coefficient (Wildman–Crippen LogP) is 2.51. The second-order valence-electron chi connectivity index (χ2n) is 6.83. The fourth-order valence-electron chi connectivity index (χ4n) is 3.20. The summed E-state index contributed by atoms with van der Waals surface area (Å²) in [6.07, 6.45) is 4.68. The van der Waals surface area contributed by atoms with E-state index in [4.69, 9.17) is 0 Å². The van der Waals surface area contributed by atoms with Crippen LogP contribution in [-0.4, -0.2) is 47.0 Å². The molecule has 4 heteroatoms. The average molecular weight is 284 g/mol. The summed E-state index contributed by atoms with van der Waals surface area (Å²) in [4.78, 5) is 14.1. The van der Waals surface area contributed by atoms with Crippen LogP contribution in [0.3, 0.4) is 0 Å². The molecule has 2 aliphatic heterocycles. The molecule has 0 unspecified atom stereocenters. The number of nitrogens with one attached hydrogen (secondary N) is 1. The number of rotatable bonds is 4. The van der Waals surface area contributed by atoms with Crippen molar-refractivity contribution in [1.82, 2.24) is 10.2 Å². The number of amides is 1. The Hall–Kier alpha value is -0.220. The number of carbonyl (C=O) groups excluding carboxylic acids is 1. The summed E-state index contributed by atoms with van der Waals surface area (Å²) in [6.45, 7) is 10.1. The van der Waals surface area contributed by atoms with Crippen LogP contribution < -0.4 is 5.32 Å². The molecular weight excluding hydrogens is 256 g/mol. The summed E-state index contributed by atoms with van der Waals surface area (Å²) in [7, 11) is 0. The second kappa shape index (κ2) is 6.49. The zero-order valence-corrected chi connectivity index (χ0v) is 13.4. The van der Waals surface area contributed by atoms with Gasteiger partial charge in [-0.2, -0.15) is 11.8 Å². The molecule has 0 radical (unpaired) electrons. The number of piperidine rings is 1. The fourth-order valence-corrected chi connectivity index (χ4v) is 4.13. The van der Waals surface area contributed by atoms with Gasteiger partial charge in [-0.15, -0.1) is 0 Å². The average Bonchev–Trinajstić information content (AvgIpc) is 2.75. The molecule has 2 atom stereocenters. The highest BCUT2D eigenvalue weighted by Crippen LogP contribution is 2.29. The molecule has 1 N–H and O–H groups in total. The number of likely N-dealkylation sites (tertiary alicyclic amines) is 1. The number of nitrogens with zero attached hydrogens (tertiary/aromatic N) is 1. The number of hydrogen-bond donors (Lipinski definition) is 1. The lowest BCUT2D eigenvalue weighted by atomic mass is 9.89. The Bertz CT molecular complexity index is 314.